The number of benzene rings is 1. The molecule has 11 heteroatoms. The molecule has 2 aliphatic heterocycles. The molecule has 0 spiro atoms. The zero-order valence-corrected chi connectivity index (χ0v) is 22.4. The highest BCUT2D eigenvalue weighted by Gasteiger charge is 2.29. The second-order valence-electron chi connectivity index (χ2n) is 9.59. The van der Waals surface area contributed by atoms with Crippen LogP contribution in [0.25, 0.3) is 5.95 Å². The number of ether oxygens (including phenoxy) is 2. The van der Waals surface area contributed by atoms with E-state index in [1.165, 1.54) is 0 Å². The van der Waals surface area contributed by atoms with E-state index >= 15 is 0 Å². The molecule has 3 aromatic rings. The SMILES string of the molecule is CCCCN1CCN(c2cc(Cl)nc(-n3ccnc3)n2)CC1CC(=O)NCCc1ccc2c(c1)OCCO2. The van der Waals surface area contributed by atoms with E-state index in [0.717, 1.165) is 61.8 Å². The Bertz CT molecular complexity index is 1220. The number of hydrogen-bond donors (Lipinski definition) is 1. The smallest absolute Gasteiger partial charge is 0.238 e. The Morgan fingerprint density at radius 3 is 2.84 bits per heavy atom. The van der Waals surface area contributed by atoms with Gasteiger partial charge in [0, 0.05) is 57.1 Å². The predicted octanol–water partition coefficient (Wildman–Crippen LogP) is 3.13. The average Bonchev–Trinajstić information content (AvgIpc) is 3.47. The number of carbonyl (C=O) groups is 1. The number of imidazole rings is 1. The van der Waals surface area contributed by atoms with Gasteiger partial charge >= 0.3 is 0 Å². The zero-order valence-electron chi connectivity index (χ0n) is 21.7. The van der Waals surface area contributed by atoms with E-state index in [1.807, 2.05) is 18.2 Å². The number of fused-ring (bicyclic) bond motifs is 1. The van der Waals surface area contributed by atoms with Crippen LogP contribution in [0.2, 0.25) is 5.15 Å². The van der Waals surface area contributed by atoms with E-state index in [-0.39, 0.29) is 11.9 Å². The molecule has 4 heterocycles. The first-order valence-electron chi connectivity index (χ1n) is 13.3. The lowest BCUT2D eigenvalue weighted by Crippen LogP contribution is -2.55. The molecule has 0 radical (unpaired) electrons. The van der Waals surface area contributed by atoms with Crippen molar-refractivity contribution in [2.45, 2.75) is 38.6 Å². The molecule has 1 aromatic carbocycles. The number of hydrogen-bond acceptors (Lipinski definition) is 8. The molecule has 0 aliphatic carbocycles. The summed E-state index contributed by atoms with van der Waals surface area (Å²) in [4.78, 5) is 30.8. The molecule has 1 N–H and O–H groups in total. The molecule has 2 aromatic heterocycles. The van der Waals surface area contributed by atoms with Gasteiger partial charge in [-0.15, -0.1) is 0 Å². The molecular weight excluding hydrogens is 506 g/mol. The number of unbranched alkanes of at least 4 members (excludes halogenated alkanes) is 1. The van der Waals surface area contributed by atoms with Crippen LogP contribution in [0, 0.1) is 0 Å². The van der Waals surface area contributed by atoms with Crippen molar-refractivity contribution in [3.8, 4) is 17.4 Å². The fraction of sp³-hybridized carbons (Fsp3) is 0.481. The highest BCUT2D eigenvalue weighted by molar-refractivity contribution is 6.29. The maximum absolute atomic E-state index is 13.0. The van der Waals surface area contributed by atoms with E-state index in [2.05, 4.69) is 32.0 Å². The molecule has 0 bridgehead atoms. The number of nitrogens with zero attached hydrogens (tertiary/aromatic N) is 6. The van der Waals surface area contributed by atoms with Gasteiger partial charge in [0.25, 0.3) is 0 Å². The van der Waals surface area contributed by atoms with Crippen LogP contribution in [-0.4, -0.2) is 82.3 Å². The van der Waals surface area contributed by atoms with Crippen molar-refractivity contribution in [3.05, 3.63) is 53.7 Å². The van der Waals surface area contributed by atoms with Crippen LogP contribution < -0.4 is 19.7 Å². The summed E-state index contributed by atoms with van der Waals surface area (Å²) in [6.07, 6.45) is 8.49. The van der Waals surface area contributed by atoms with Crippen LogP contribution in [0.5, 0.6) is 11.5 Å². The fourth-order valence-electron chi connectivity index (χ4n) is 4.87. The summed E-state index contributed by atoms with van der Waals surface area (Å²) in [7, 11) is 0. The second kappa shape index (κ2) is 12.4. The highest BCUT2D eigenvalue weighted by atomic mass is 35.5. The minimum Gasteiger partial charge on any atom is -0.486 e. The molecule has 1 fully saturated rings. The van der Waals surface area contributed by atoms with Gasteiger partial charge in [-0.2, -0.15) is 4.98 Å². The van der Waals surface area contributed by atoms with Gasteiger partial charge in [-0.3, -0.25) is 14.3 Å². The first-order valence-corrected chi connectivity index (χ1v) is 13.6. The molecule has 38 heavy (non-hydrogen) atoms. The van der Waals surface area contributed by atoms with Crippen molar-refractivity contribution in [1.29, 1.82) is 0 Å². The Kier molecular flexibility index (Phi) is 8.60. The Balaban J connectivity index is 1.20. The lowest BCUT2D eigenvalue weighted by molar-refractivity contribution is -0.122. The minimum atomic E-state index is 0.0516. The van der Waals surface area contributed by atoms with Crippen LogP contribution in [0.3, 0.4) is 0 Å². The van der Waals surface area contributed by atoms with Crippen molar-refractivity contribution in [2.24, 2.45) is 0 Å². The lowest BCUT2D eigenvalue weighted by atomic mass is 10.1. The standard InChI is InChI=1S/C27H34ClN7O3/c1-2-3-9-33-11-12-34(25-17-24(28)31-27(32-25)35-10-8-29-19-35)18-21(33)16-26(36)30-7-6-20-4-5-22-23(15-20)38-14-13-37-22/h4-5,8,10,15,17,19,21H,2-3,6-7,9,11-14,16,18H2,1H3,(H,30,36). The Labute approximate surface area is 227 Å². The van der Waals surface area contributed by atoms with Crippen molar-refractivity contribution in [2.75, 3.05) is 50.8 Å². The Hall–Kier alpha value is -3.37. The highest BCUT2D eigenvalue weighted by Crippen LogP contribution is 2.30. The second-order valence-corrected chi connectivity index (χ2v) is 9.98. The van der Waals surface area contributed by atoms with Gasteiger partial charge < -0.3 is 19.7 Å². The van der Waals surface area contributed by atoms with Gasteiger partial charge in [0.05, 0.1) is 0 Å². The fourth-order valence-corrected chi connectivity index (χ4v) is 5.05. The van der Waals surface area contributed by atoms with Crippen LogP contribution in [0.15, 0.2) is 43.0 Å². The maximum Gasteiger partial charge on any atom is 0.238 e. The third-order valence-corrected chi connectivity index (χ3v) is 7.09. The summed E-state index contributed by atoms with van der Waals surface area (Å²) in [6, 6.07) is 7.82. The molecule has 1 unspecified atom stereocenters. The summed E-state index contributed by atoms with van der Waals surface area (Å²) in [5, 5.41) is 3.49. The summed E-state index contributed by atoms with van der Waals surface area (Å²) >= 11 is 6.35. The van der Waals surface area contributed by atoms with Gasteiger partial charge in [0.2, 0.25) is 11.9 Å². The molecular formula is C27H34ClN7O3. The molecule has 10 nitrogen and oxygen atoms in total. The molecule has 5 rings (SSSR count). The van der Waals surface area contributed by atoms with Crippen molar-refractivity contribution in [1.82, 2.24) is 29.7 Å². The van der Waals surface area contributed by atoms with Gasteiger partial charge in [-0.25, -0.2) is 9.97 Å². The minimum absolute atomic E-state index is 0.0516. The molecule has 202 valence electrons. The quantitative estimate of drug-likeness (QED) is 0.392. The van der Waals surface area contributed by atoms with Crippen LogP contribution in [0.1, 0.15) is 31.7 Å². The van der Waals surface area contributed by atoms with E-state index in [1.54, 1.807) is 29.4 Å². The van der Waals surface area contributed by atoms with Gasteiger partial charge in [0.1, 0.15) is 30.5 Å². The summed E-state index contributed by atoms with van der Waals surface area (Å²) in [6.45, 7) is 7.23. The molecule has 1 amide bonds. The Morgan fingerprint density at radius 1 is 1.16 bits per heavy atom. The third-order valence-electron chi connectivity index (χ3n) is 6.90. The van der Waals surface area contributed by atoms with E-state index in [4.69, 9.17) is 26.1 Å². The monoisotopic (exact) mass is 539 g/mol. The summed E-state index contributed by atoms with van der Waals surface area (Å²) in [5.41, 5.74) is 1.11. The van der Waals surface area contributed by atoms with Gasteiger partial charge in [0.15, 0.2) is 11.5 Å². The largest absolute Gasteiger partial charge is 0.486 e. The maximum atomic E-state index is 13.0. The Morgan fingerprint density at radius 2 is 2.03 bits per heavy atom. The number of nitrogens with one attached hydrogen (secondary N) is 1. The van der Waals surface area contributed by atoms with Gasteiger partial charge in [-0.05, 0) is 37.1 Å². The number of carbonyl (C=O) groups excluding carboxylic acids is 1. The summed E-state index contributed by atoms with van der Waals surface area (Å²) in [5.74, 6) is 2.84. The predicted molar refractivity (Wildman–Crippen MR) is 145 cm³/mol. The van der Waals surface area contributed by atoms with Crippen molar-refractivity contribution in [3.63, 3.8) is 0 Å². The van der Waals surface area contributed by atoms with E-state index < -0.39 is 0 Å². The first-order chi connectivity index (χ1) is 18.6. The third kappa shape index (κ3) is 6.54. The first kappa shape index (κ1) is 26.2. The van der Waals surface area contributed by atoms with Crippen molar-refractivity contribution < 1.29 is 14.3 Å². The molecule has 0 saturated carbocycles. The van der Waals surface area contributed by atoms with E-state index in [0.29, 0.717) is 43.8 Å². The topological polar surface area (TPSA) is 97.6 Å². The molecule has 1 saturated heterocycles. The van der Waals surface area contributed by atoms with Crippen LogP contribution in [0.4, 0.5) is 5.82 Å². The number of amides is 1. The zero-order chi connectivity index (χ0) is 26.3. The summed E-state index contributed by atoms with van der Waals surface area (Å²) < 4.78 is 13.0. The number of piperazine rings is 1. The normalized spacial score (nSPS) is 17.4. The molecule has 1 atom stereocenters. The number of rotatable bonds is 10. The number of aromatic nitrogens is 4. The number of anilines is 1. The van der Waals surface area contributed by atoms with Crippen molar-refractivity contribution >= 4 is 23.3 Å². The van der Waals surface area contributed by atoms with Gasteiger partial charge in [-0.1, -0.05) is 31.0 Å². The van der Waals surface area contributed by atoms with Crippen LogP contribution >= 0.6 is 11.6 Å². The number of halogens is 1. The molecule has 2 aliphatic rings. The van der Waals surface area contributed by atoms with Crippen LogP contribution in [-0.2, 0) is 11.2 Å². The lowest BCUT2D eigenvalue weighted by Gasteiger charge is -2.42. The van der Waals surface area contributed by atoms with E-state index in [9.17, 15) is 4.79 Å². The average molecular weight is 540 g/mol.